The van der Waals surface area contributed by atoms with E-state index < -0.39 is 0 Å². The Morgan fingerprint density at radius 3 is 2.82 bits per heavy atom. The third kappa shape index (κ3) is 3.33. The summed E-state index contributed by atoms with van der Waals surface area (Å²) in [6.45, 7) is 4.90. The zero-order chi connectivity index (χ0) is 15.5. The maximum atomic E-state index is 11.7. The first-order valence-corrected chi connectivity index (χ1v) is 8.04. The Kier molecular flexibility index (Phi) is 4.48. The molecule has 0 atom stereocenters. The number of Topliss-reactive ketones (excluding diaryl/α,β-unsaturated/α-hetero) is 1. The third-order valence-corrected chi connectivity index (χ3v) is 4.41. The molecular weight excluding hydrogens is 278 g/mol. The van der Waals surface area contributed by atoms with E-state index in [1.165, 1.54) is 12.8 Å². The molecule has 1 fully saturated rings. The molecule has 0 bridgehead atoms. The van der Waals surface area contributed by atoms with Crippen LogP contribution in [0, 0.1) is 5.92 Å². The van der Waals surface area contributed by atoms with Gasteiger partial charge < -0.3 is 14.1 Å². The molecule has 0 radical (unpaired) electrons. The van der Waals surface area contributed by atoms with Gasteiger partial charge in [0, 0.05) is 11.8 Å². The minimum atomic E-state index is 0.0324. The van der Waals surface area contributed by atoms with Crippen molar-refractivity contribution in [1.82, 2.24) is 4.90 Å². The van der Waals surface area contributed by atoms with Gasteiger partial charge in [0.15, 0.2) is 11.5 Å². The first kappa shape index (κ1) is 15.1. The van der Waals surface area contributed by atoms with E-state index in [0.29, 0.717) is 18.1 Å². The predicted molar refractivity (Wildman–Crippen MR) is 86.6 cm³/mol. The van der Waals surface area contributed by atoms with E-state index in [4.69, 9.17) is 9.15 Å². The van der Waals surface area contributed by atoms with Gasteiger partial charge in [-0.1, -0.05) is 6.92 Å². The molecule has 0 spiro atoms. The highest BCUT2D eigenvalue weighted by atomic mass is 16.5. The lowest BCUT2D eigenvalue weighted by molar-refractivity contribution is 0.0963. The minimum absolute atomic E-state index is 0.0324. The number of benzene rings is 1. The summed E-state index contributed by atoms with van der Waals surface area (Å²) in [5, 5.41) is 0.928. The Morgan fingerprint density at radius 1 is 1.32 bits per heavy atom. The maximum Gasteiger partial charge on any atom is 0.197 e. The number of piperidine rings is 1. The summed E-state index contributed by atoms with van der Waals surface area (Å²) in [4.78, 5) is 14.1. The first-order chi connectivity index (χ1) is 10.7. The normalized spacial score (nSPS) is 17.0. The van der Waals surface area contributed by atoms with Crippen molar-refractivity contribution >= 4 is 16.8 Å². The van der Waals surface area contributed by atoms with Gasteiger partial charge in [-0.05, 0) is 63.2 Å². The van der Waals surface area contributed by atoms with Crippen LogP contribution in [0.2, 0.25) is 0 Å². The summed E-state index contributed by atoms with van der Waals surface area (Å²) >= 11 is 0. The number of hydrogen-bond acceptors (Lipinski definition) is 4. The molecule has 22 heavy (non-hydrogen) atoms. The fraction of sp³-hybridized carbons (Fsp3) is 0.500. The molecule has 2 aromatic rings. The van der Waals surface area contributed by atoms with Gasteiger partial charge in [0.25, 0.3) is 0 Å². The van der Waals surface area contributed by atoms with E-state index in [9.17, 15) is 4.79 Å². The second kappa shape index (κ2) is 6.53. The van der Waals surface area contributed by atoms with Crippen LogP contribution in [0.1, 0.15) is 36.7 Å². The Bertz CT molecular complexity index is 653. The van der Waals surface area contributed by atoms with Crippen molar-refractivity contribution in [3.63, 3.8) is 0 Å². The van der Waals surface area contributed by atoms with Gasteiger partial charge in [0.2, 0.25) is 0 Å². The second-order valence-corrected chi connectivity index (χ2v) is 6.14. The molecule has 0 unspecified atom stereocenters. The van der Waals surface area contributed by atoms with E-state index in [1.54, 1.807) is 0 Å². The summed E-state index contributed by atoms with van der Waals surface area (Å²) < 4.78 is 11.5. The van der Waals surface area contributed by atoms with Crippen molar-refractivity contribution in [1.29, 1.82) is 0 Å². The molecule has 0 saturated carbocycles. The number of ether oxygens (including phenoxy) is 1. The number of nitrogens with zero attached hydrogens (tertiary/aromatic N) is 1. The SMILES string of the molecule is CCC(=O)c1cc2cc(OCC3CCN(C)CC3)ccc2o1. The van der Waals surface area contributed by atoms with Crippen molar-refractivity contribution in [2.45, 2.75) is 26.2 Å². The van der Waals surface area contributed by atoms with Crippen molar-refractivity contribution < 1.29 is 13.9 Å². The summed E-state index contributed by atoms with van der Waals surface area (Å²) in [7, 11) is 2.17. The van der Waals surface area contributed by atoms with Gasteiger partial charge in [0.1, 0.15) is 11.3 Å². The van der Waals surface area contributed by atoms with Crippen LogP contribution in [-0.2, 0) is 0 Å². The molecule has 118 valence electrons. The number of likely N-dealkylation sites (tertiary alicyclic amines) is 1. The summed E-state index contributed by atoms with van der Waals surface area (Å²) in [6, 6.07) is 7.57. The Balaban J connectivity index is 1.65. The molecule has 4 heteroatoms. The van der Waals surface area contributed by atoms with Crippen LogP contribution in [0.4, 0.5) is 0 Å². The highest BCUT2D eigenvalue weighted by Crippen LogP contribution is 2.26. The monoisotopic (exact) mass is 301 g/mol. The van der Waals surface area contributed by atoms with E-state index in [1.807, 2.05) is 31.2 Å². The van der Waals surface area contributed by atoms with Crippen molar-refractivity contribution in [3.8, 4) is 5.75 Å². The van der Waals surface area contributed by atoms with Gasteiger partial charge >= 0.3 is 0 Å². The van der Waals surface area contributed by atoms with Crippen LogP contribution >= 0.6 is 0 Å². The van der Waals surface area contributed by atoms with Gasteiger partial charge in [-0.25, -0.2) is 0 Å². The fourth-order valence-electron chi connectivity index (χ4n) is 2.87. The quantitative estimate of drug-likeness (QED) is 0.789. The van der Waals surface area contributed by atoms with E-state index in [0.717, 1.165) is 36.4 Å². The summed E-state index contributed by atoms with van der Waals surface area (Å²) in [5.74, 6) is 1.95. The average molecular weight is 301 g/mol. The molecule has 0 aliphatic carbocycles. The third-order valence-electron chi connectivity index (χ3n) is 4.41. The molecule has 1 aromatic carbocycles. The molecule has 1 aromatic heterocycles. The summed E-state index contributed by atoms with van der Waals surface area (Å²) in [6.07, 6.45) is 2.85. The molecule has 1 saturated heterocycles. The Labute approximate surface area is 131 Å². The average Bonchev–Trinajstić information content (AvgIpc) is 2.96. The number of carbonyl (C=O) groups excluding carboxylic acids is 1. The summed E-state index contributed by atoms with van der Waals surface area (Å²) in [5.41, 5.74) is 0.739. The molecule has 3 rings (SSSR count). The topological polar surface area (TPSA) is 42.7 Å². The predicted octanol–water partition coefficient (Wildman–Crippen LogP) is 3.75. The van der Waals surface area contributed by atoms with E-state index >= 15 is 0 Å². The van der Waals surface area contributed by atoms with Crippen LogP contribution < -0.4 is 4.74 Å². The molecule has 1 aliphatic rings. The lowest BCUT2D eigenvalue weighted by atomic mass is 9.98. The van der Waals surface area contributed by atoms with Gasteiger partial charge in [-0.15, -0.1) is 0 Å². The lowest BCUT2D eigenvalue weighted by Gasteiger charge is -2.28. The number of hydrogen-bond donors (Lipinski definition) is 0. The highest BCUT2D eigenvalue weighted by Gasteiger charge is 2.17. The van der Waals surface area contributed by atoms with E-state index in [2.05, 4.69) is 11.9 Å². The number of carbonyl (C=O) groups is 1. The van der Waals surface area contributed by atoms with Crippen LogP contribution in [0.15, 0.2) is 28.7 Å². The second-order valence-electron chi connectivity index (χ2n) is 6.14. The van der Waals surface area contributed by atoms with Gasteiger partial charge in [-0.3, -0.25) is 4.79 Å². The standard InChI is InChI=1S/C18H23NO3/c1-3-16(20)18-11-14-10-15(4-5-17(14)22-18)21-12-13-6-8-19(2)9-7-13/h4-5,10-11,13H,3,6-9,12H2,1-2H3. The molecule has 2 heterocycles. The van der Waals surface area contributed by atoms with Crippen LogP contribution in [-0.4, -0.2) is 37.4 Å². The number of rotatable bonds is 5. The largest absolute Gasteiger partial charge is 0.493 e. The fourth-order valence-corrected chi connectivity index (χ4v) is 2.87. The molecule has 0 amide bonds. The first-order valence-electron chi connectivity index (χ1n) is 8.04. The molecule has 0 N–H and O–H groups in total. The maximum absolute atomic E-state index is 11.7. The molecule has 1 aliphatic heterocycles. The van der Waals surface area contributed by atoms with Crippen molar-refractivity contribution in [2.24, 2.45) is 5.92 Å². The van der Waals surface area contributed by atoms with Gasteiger partial charge in [-0.2, -0.15) is 0 Å². The van der Waals surface area contributed by atoms with Crippen LogP contribution in [0.3, 0.4) is 0 Å². The van der Waals surface area contributed by atoms with Crippen LogP contribution in [0.25, 0.3) is 11.0 Å². The van der Waals surface area contributed by atoms with Crippen molar-refractivity contribution in [2.75, 3.05) is 26.7 Å². The zero-order valence-electron chi connectivity index (χ0n) is 13.3. The smallest absolute Gasteiger partial charge is 0.197 e. The number of fused-ring (bicyclic) bond motifs is 1. The highest BCUT2D eigenvalue weighted by molar-refractivity contribution is 5.97. The van der Waals surface area contributed by atoms with Crippen LogP contribution in [0.5, 0.6) is 5.75 Å². The van der Waals surface area contributed by atoms with Gasteiger partial charge in [0.05, 0.1) is 6.61 Å². The minimum Gasteiger partial charge on any atom is -0.493 e. The number of furan rings is 1. The zero-order valence-corrected chi connectivity index (χ0v) is 13.3. The Morgan fingerprint density at radius 2 is 2.09 bits per heavy atom. The van der Waals surface area contributed by atoms with E-state index in [-0.39, 0.29) is 5.78 Å². The van der Waals surface area contributed by atoms with Crippen molar-refractivity contribution in [3.05, 3.63) is 30.0 Å². The molecule has 4 nitrogen and oxygen atoms in total. The Hall–Kier alpha value is -1.81. The lowest BCUT2D eigenvalue weighted by Crippen LogP contribution is -2.32. The molecular formula is C18H23NO3. The number of ketones is 1.